The van der Waals surface area contributed by atoms with Gasteiger partial charge >= 0.3 is 7.12 Å². The van der Waals surface area contributed by atoms with Gasteiger partial charge in [-0.05, 0) is 6.07 Å². The molecule has 0 unspecified atom stereocenters. The van der Waals surface area contributed by atoms with Crippen molar-refractivity contribution in [1.82, 2.24) is 0 Å². The number of rotatable bonds is 1. The molecule has 0 aliphatic carbocycles. The second-order valence-electron chi connectivity index (χ2n) is 2.65. The van der Waals surface area contributed by atoms with Gasteiger partial charge in [0.2, 0.25) is 0 Å². The van der Waals surface area contributed by atoms with Crippen LogP contribution in [0, 0.1) is 0 Å². The van der Waals surface area contributed by atoms with Gasteiger partial charge in [0.05, 0.1) is 9.80 Å². The molecule has 0 fully saturated rings. The highest BCUT2D eigenvalue weighted by atomic mass is 35.5. The van der Waals surface area contributed by atoms with Crippen molar-refractivity contribution in [3.63, 3.8) is 0 Å². The molecule has 1 aromatic carbocycles. The first kappa shape index (κ1) is 9.03. The molecule has 0 radical (unpaired) electrons. The van der Waals surface area contributed by atoms with Crippen LogP contribution in [0.25, 0.3) is 10.1 Å². The monoisotopic (exact) mass is 212 g/mol. The van der Waals surface area contributed by atoms with Gasteiger partial charge in [-0.1, -0.05) is 29.8 Å². The second kappa shape index (κ2) is 3.31. The Hall–Kier alpha value is -0.545. The van der Waals surface area contributed by atoms with Crippen LogP contribution in [0.1, 0.15) is 0 Å². The zero-order valence-corrected chi connectivity index (χ0v) is 8.14. The van der Waals surface area contributed by atoms with Crippen LogP contribution in [0.4, 0.5) is 0 Å². The van der Waals surface area contributed by atoms with E-state index in [0.29, 0.717) is 9.80 Å². The third-order valence-corrected chi connectivity index (χ3v) is 3.52. The molecule has 2 aromatic rings. The SMILES string of the molecule is OB(O)c1sc2ccccc2c1Cl. The summed E-state index contributed by atoms with van der Waals surface area (Å²) in [6.45, 7) is 0. The molecule has 13 heavy (non-hydrogen) atoms. The van der Waals surface area contributed by atoms with Gasteiger partial charge in [0.1, 0.15) is 0 Å². The number of thiophene rings is 1. The van der Waals surface area contributed by atoms with Gasteiger partial charge in [0.15, 0.2) is 0 Å². The first-order valence-electron chi connectivity index (χ1n) is 3.73. The Morgan fingerprint density at radius 3 is 2.54 bits per heavy atom. The number of hydrogen-bond acceptors (Lipinski definition) is 3. The molecule has 0 atom stereocenters. The molecular weight excluding hydrogens is 206 g/mol. The van der Waals surface area contributed by atoms with Crippen LogP contribution >= 0.6 is 22.9 Å². The topological polar surface area (TPSA) is 40.5 Å². The van der Waals surface area contributed by atoms with Crippen molar-refractivity contribution in [3.05, 3.63) is 29.3 Å². The Morgan fingerprint density at radius 1 is 1.23 bits per heavy atom. The lowest BCUT2D eigenvalue weighted by atomic mass is 9.89. The Labute approximate surface area is 84.5 Å². The first-order chi connectivity index (χ1) is 6.20. The summed E-state index contributed by atoms with van der Waals surface area (Å²) >= 11 is 7.24. The molecule has 0 aliphatic heterocycles. The highest BCUT2D eigenvalue weighted by molar-refractivity contribution is 7.28. The minimum Gasteiger partial charge on any atom is -0.423 e. The third kappa shape index (κ3) is 1.46. The molecule has 0 aliphatic rings. The van der Waals surface area contributed by atoms with Gasteiger partial charge in [-0.15, -0.1) is 11.3 Å². The summed E-state index contributed by atoms with van der Waals surface area (Å²) < 4.78 is 1.37. The number of benzene rings is 1. The fraction of sp³-hybridized carbons (Fsp3) is 0. The van der Waals surface area contributed by atoms with Crippen molar-refractivity contribution < 1.29 is 10.0 Å². The predicted octanol–water partition coefficient (Wildman–Crippen LogP) is 1.23. The van der Waals surface area contributed by atoms with E-state index in [1.165, 1.54) is 11.3 Å². The summed E-state index contributed by atoms with van der Waals surface area (Å²) in [6, 6.07) is 7.52. The predicted molar refractivity (Wildman–Crippen MR) is 56.7 cm³/mol. The summed E-state index contributed by atoms with van der Waals surface area (Å²) in [6.07, 6.45) is 0. The molecule has 0 amide bonds. The molecule has 66 valence electrons. The standard InChI is InChI=1S/C8H6BClO2S/c10-7-5-3-1-2-4-6(5)13-8(7)9(11)12/h1-4,11-12H. The van der Waals surface area contributed by atoms with E-state index in [9.17, 15) is 0 Å². The van der Waals surface area contributed by atoms with Crippen LogP contribution in [0.5, 0.6) is 0 Å². The zero-order valence-electron chi connectivity index (χ0n) is 6.57. The quantitative estimate of drug-likeness (QED) is 0.698. The highest BCUT2D eigenvalue weighted by Gasteiger charge is 2.20. The van der Waals surface area contributed by atoms with Crippen molar-refractivity contribution in [3.8, 4) is 0 Å². The Morgan fingerprint density at radius 2 is 1.92 bits per heavy atom. The average Bonchev–Trinajstić information content (AvgIpc) is 2.45. The molecule has 0 spiro atoms. The largest absolute Gasteiger partial charge is 0.500 e. The fourth-order valence-corrected chi connectivity index (χ4v) is 2.60. The Kier molecular flexibility index (Phi) is 2.30. The summed E-state index contributed by atoms with van der Waals surface area (Å²) in [5.41, 5.74) is 0. The lowest BCUT2D eigenvalue weighted by molar-refractivity contribution is 0.427. The van der Waals surface area contributed by atoms with Crippen LogP contribution in [0.2, 0.25) is 5.02 Å². The minimum absolute atomic E-state index is 0.405. The Balaban J connectivity index is 2.74. The van der Waals surface area contributed by atoms with Gasteiger partial charge in [0.25, 0.3) is 0 Å². The van der Waals surface area contributed by atoms with Crippen LogP contribution in [0.3, 0.4) is 0 Å². The molecular formula is C8H6BClO2S. The molecule has 0 saturated heterocycles. The second-order valence-corrected chi connectivity index (χ2v) is 4.11. The van der Waals surface area contributed by atoms with Gasteiger partial charge in [0, 0.05) is 10.1 Å². The van der Waals surface area contributed by atoms with Crippen molar-refractivity contribution >= 4 is 44.9 Å². The van der Waals surface area contributed by atoms with Crippen molar-refractivity contribution in [1.29, 1.82) is 0 Å². The molecule has 2 N–H and O–H groups in total. The number of halogens is 1. The van der Waals surface area contributed by atoms with Gasteiger partial charge in [-0.25, -0.2) is 0 Å². The van der Waals surface area contributed by atoms with Crippen molar-refractivity contribution in [2.45, 2.75) is 0 Å². The highest BCUT2D eigenvalue weighted by Crippen LogP contribution is 2.27. The maximum absolute atomic E-state index is 8.99. The van der Waals surface area contributed by atoms with Gasteiger partial charge in [-0.2, -0.15) is 0 Å². The normalized spacial score (nSPS) is 10.7. The first-order valence-corrected chi connectivity index (χ1v) is 4.92. The van der Waals surface area contributed by atoms with Crippen LogP contribution in [-0.2, 0) is 0 Å². The van der Waals surface area contributed by atoms with Gasteiger partial charge in [-0.3, -0.25) is 0 Å². The van der Waals surface area contributed by atoms with E-state index in [1.807, 2.05) is 24.3 Å². The van der Waals surface area contributed by atoms with E-state index in [2.05, 4.69) is 0 Å². The van der Waals surface area contributed by atoms with Crippen LogP contribution in [-0.4, -0.2) is 17.2 Å². The van der Waals surface area contributed by atoms with Crippen molar-refractivity contribution in [2.75, 3.05) is 0 Å². The molecule has 2 rings (SSSR count). The van der Waals surface area contributed by atoms with E-state index >= 15 is 0 Å². The molecule has 5 heteroatoms. The lowest BCUT2D eigenvalue weighted by Gasteiger charge is -1.92. The average molecular weight is 212 g/mol. The summed E-state index contributed by atoms with van der Waals surface area (Å²) in [4.78, 5) is 0. The van der Waals surface area contributed by atoms with Crippen molar-refractivity contribution in [2.24, 2.45) is 0 Å². The Bertz CT molecular complexity index is 441. The summed E-state index contributed by atoms with van der Waals surface area (Å²) in [7, 11) is -1.48. The number of hydrogen-bond donors (Lipinski definition) is 2. The van der Waals surface area contributed by atoms with Crippen LogP contribution < -0.4 is 4.78 Å². The third-order valence-electron chi connectivity index (χ3n) is 1.79. The maximum atomic E-state index is 8.99. The molecule has 1 heterocycles. The number of fused-ring (bicyclic) bond motifs is 1. The minimum atomic E-state index is -1.48. The summed E-state index contributed by atoms with van der Waals surface area (Å²) in [5, 5.41) is 19.3. The molecule has 0 bridgehead atoms. The molecule has 0 saturated carbocycles. The van der Waals surface area contributed by atoms with Gasteiger partial charge < -0.3 is 10.0 Å². The maximum Gasteiger partial charge on any atom is 0.500 e. The summed E-state index contributed by atoms with van der Waals surface area (Å²) in [5.74, 6) is 0. The van der Waals surface area contributed by atoms with E-state index in [0.717, 1.165) is 10.1 Å². The van der Waals surface area contributed by atoms with E-state index in [1.54, 1.807) is 0 Å². The van der Waals surface area contributed by atoms with E-state index in [-0.39, 0.29) is 0 Å². The zero-order chi connectivity index (χ0) is 9.42. The van der Waals surface area contributed by atoms with E-state index in [4.69, 9.17) is 21.6 Å². The van der Waals surface area contributed by atoms with E-state index < -0.39 is 7.12 Å². The molecule has 1 aromatic heterocycles. The fourth-order valence-electron chi connectivity index (χ4n) is 1.20. The molecule has 2 nitrogen and oxygen atoms in total. The van der Waals surface area contributed by atoms with Crippen LogP contribution in [0.15, 0.2) is 24.3 Å². The smallest absolute Gasteiger partial charge is 0.423 e. The lowest BCUT2D eigenvalue weighted by Crippen LogP contribution is -2.27.